The Bertz CT molecular complexity index is 249. The molecule has 18 heavy (non-hydrogen) atoms. The highest BCUT2D eigenvalue weighted by atomic mass is 16.5. The van der Waals surface area contributed by atoms with E-state index in [2.05, 4.69) is 5.32 Å². The van der Waals surface area contributed by atoms with Crippen molar-refractivity contribution in [3.05, 3.63) is 0 Å². The van der Waals surface area contributed by atoms with Crippen LogP contribution in [0.5, 0.6) is 0 Å². The third kappa shape index (κ3) is 4.94. The minimum absolute atomic E-state index is 0.0675. The van der Waals surface area contributed by atoms with Crippen molar-refractivity contribution in [3.63, 3.8) is 0 Å². The van der Waals surface area contributed by atoms with Gasteiger partial charge in [-0.3, -0.25) is 4.79 Å². The fourth-order valence-corrected chi connectivity index (χ4v) is 2.71. The van der Waals surface area contributed by atoms with E-state index < -0.39 is 0 Å². The summed E-state index contributed by atoms with van der Waals surface area (Å²) in [6.45, 7) is 3.41. The number of rotatable bonds is 7. The van der Waals surface area contributed by atoms with Gasteiger partial charge in [-0.1, -0.05) is 26.2 Å². The minimum Gasteiger partial charge on any atom is -0.396 e. The molecule has 1 amide bonds. The van der Waals surface area contributed by atoms with E-state index in [0.717, 1.165) is 25.7 Å². The average molecular weight is 257 g/mol. The first-order valence-corrected chi connectivity index (χ1v) is 6.98. The van der Waals surface area contributed by atoms with Crippen molar-refractivity contribution in [2.24, 2.45) is 11.3 Å². The van der Waals surface area contributed by atoms with E-state index in [1.54, 1.807) is 7.11 Å². The van der Waals surface area contributed by atoms with Crippen molar-refractivity contribution in [1.29, 1.82) is 0 Å². The van der Waals surface area contributed by atoms with Crippen LogP contribution in [0.2, 0.25) is 0 Å². The molecule has 0 saturated heterocycles. The Morgan fingerprint density at radius 1 is 1.39 bits per heavy atom. The van der Waals surface area contributed by atoms with E-state index in [4.69, 9.17) is 4.74 Å². The fourth-order valence-electron chi connectivity index (χ4n) is 2.71. The van der Waals surface area contributed by atoms with Gasteiger partial charge in [0.1, 0.15) is 0 Å². The van der Waals surface area contributed by atoms with Crippen molar-refractivity contribution in [2.45, 2.75) is 45.4 Å². The number of ether oxygens (including phenoxy) is 1. The predicted octanol–water partition coefficient (Wildman–Crippen LogP) is 1.72. The molecule has 0 spiro atoms. The minimum atomic E-state index is -0.0710. The van der Waals surface area contributed by atoms with Gasteiger partial charge in [0, 0.05) is 32.1 Å². The first-order valence-electron chi connectivity index (χ1n) is 6.98. The highest BCUT2D eigenvalue weighted by molar-refractivity contribution is 5.76. The van der Waals surface area contributed by atoms with Crippen LogP contribution in [0.25, 0.3) is 0 Å². The molecule has 1 aliphatic rings. The van der Waals surface area contributed by atoms with Crippen molar-refractivity contribution < 1.29 is 14.6 Å². The number of nitrogens with one attached hydrogen (secondary N) is 1. The number of carbonyl (C=O) groups excluding carboxylic acids is 1. The van der Waals surface area contributed by atoms with Gasteiger partial charge in [0.05, 0.1) is 6.61 Å². The lowest BCUT2D eigenvalue weighted by atomic mass is 9.74. The van der Waals surface area contributed by atoms with Gasteiger partial charge in [0.15, 0.2) is 0 Å². The van der Waals surface area contributed by atoms with Crippen LogP contribution in [0.4, 0.5) is 0 Å². The monoisotopic (exact) mass is 257 g/mol. The van der Waals surface area contributed by atoms with Gasteiger partial charge in [-0.2, -0.15) is 0 Å². The second-order valence-corrected chi connectivity index (χ2v) is 5.76. The van der Waals surface area contributed by atoms with Crippen molar-refractivity contribution in [3.8, 4) is 0 Å². The molecule has 1 aliphatic carbocycles. The lowest BCUT2D eigenvalue weighted by Crippen LogP contribution is -2.41. The number of amides is 1. The molecule has 0 radical (unpaired) electrons. The van der Waals surface area contributed by atoms with Crippen LogP contribution in [0.15, 0.2) is 0 Å². The summed E-state index contributed by atoms with van der Waals surface area (Å²) in [7, 11) is 1.65. The molecule has 0 bridgehead atoms. The van der Waals surface area contributed by atoms with E-state index >= 15 is 0 Å². The summed E-state index contributed by atoms with van der Waals surface area (Å²) >= 11 is 0. The molecule has 2 N–H and O–H groups in total. The van der Waals surface area contributed by atoms with Crippen LogP contribution in [-0.2, 0) is 9.53 Å². The molecule has 0 aromatic heterocycles. The first kappa shape index (κ1) is 15.4. The van der Waals surface area contributed by atoms with Gasteiger partial charge in [0.2, 0.25) is 5.91 Å². The Morgan fingerprint density at radius 2 is 2.06 bits per heavy atom. The van der Waals surface area contributed by atoms with Crippen LogP contribution >= 0.6 is 0 Å². The molecule has 0 aromatic rings. The Labute approximate surface area is 110 Å². The lowest BCUT2D eigenvalue weighted by Gasteiger charge is -2.35. The quantitative estimate of drug-likeness (QED) is 0.730. The molecule has 106 valence electrons. The maximum Gasteiger partial charge on any atom is 0.220 e. The number of methoxy groups -OCH3 is 1. The highest BCUT2D eigenvalue weighted by Gasteiger charge is 2.31. The van der Waals surface area contributed by atoms with Gasteiger partial charge in [-0.15, -0.1) is 0 Å². The summed E-state index contributed by atoms with van der Waals surface area (Å²) in [5.41, 5.74) is -0.0710. The number of carbonyl (C=O) groups is 1. The van der Waals surface area contributed by atoms with Crippen LogP contribution in [-0.4, -0.2) is 37.9 Å². The summed E-state index contributed by atoms with van der Waals surface area (Å²) in [5, 5.41) is 12.5. The Kier molecular flexibility index (Phi) is 6.65. The highest BCUT2D eigenvalue weighted by Crippen LogP contribution is 2.35. The van der Waals surface area contributed by atoms with E-state index in [1.807, 2.05) is 6.92 Å². The van der Waals surface area contributed by atoms with E-state index in [0.29, 0.717) is 19.6 Å². The predicted molar refractivity (Wildman–Crippen MR) is 71.3 cm³/mol. The zero-order chi connectivity index (χ0) is 13.4. The normalized spacial score (nSPS) is 20.4. The molecule has 0 aromatic carbocycles. The largest absolute Gasteiger partial charge is 0.396 e. The Hall–Kier alpha value is -0.610. The summed E-state index contributed by atoms with van der Waals surface area (Å²) in [6, 6.07) is 0. The zero-order valence-electron chi connectivity index (χ0n) is 11.7. The Balaban J connectivity index is 2.31. The van der Waals surface area contributed by atoms with Gasteiger partial charge in [-0.05, 0) is 18.8 Å². The summed E-state index contributed by atoms with van der Waals surface area (Å²) in [5.74, 6) is 0.310. The SMILES string of the molecule is COCC(C)CC(=O)NCC1(CO)CCCCC1. The van der Waals surface area contributed by atoms with E-state index in [-0.39, 0.29) is 23.8 Å². The molecule has 1 unspecified atom stereocenters. The van der Waals surface area contributed by atoms with Crippen LogP contribution in [0, 0.1) is 11.3 Å². The third-order valence-corrected chi connectivity index (χ3v) is 3.90. The van der Waals surface area contributed by atoms with Crippen molar-refractivity contribution in [2.75, 3.05) is 26.9 Å². The van der Waals surface area contributed by atoms with Gasteiger partial charge in [0.25, 0.3) is 0 Å². The number of hydrogen-bond acceptors (Lipinski definition) is 3. The third-order valence-electron chi connectivity index (χ3n) is 3.90. The van der Waals surface area contributed by atoms with Crippen LogP contribution < -0.4 is 5.32 Å². The zero-order valence-corrected chi connectivity index (χ0v) is 11.7. The topological polar surface area (TPSA) is 58.6 Å². The van der Waals surface area contributed by atoms with Crippen LogP contribution in [0.3, 0.4) is 0 Å². The lowest BCUT2D eigenvalue weighted by molar-refractivity contribution is -0.123. The van der Waals surface area contributed by atoms with Crippen LogP contribution in [0.1, 0.15) is 45.4 Å². The smallest absolute Gasteiger partial charge is 0.220 e. The second-order valence-electron chi connectivity index (χ2n) is 5.76. The van der Waals surface area contributed by atoms with Crippen molar-refractivity contribution in [1.82, 2.24) is 5.32 Å². The van der Waals surface area contributed by atoms with Gasteiger partial charge < -0.3 is 15.2 Å². The van der Waals surface area contributed by atoms with Gasteiger partial charge in [-0.25, -0.2) is 0 Å². The summed E-state index contributed by atoms with van der Waals surface area (Å²) < 4.78 is 5.02. The molecular formula is C14H27NO3. The molecule has 1 atom stereocenters. The maximum atomic E-state index is 11.8. The van der Waals surface area contributed by atoms with E-state index in [9.17, 15) is 9.90 Å². The average Bonchev–Trinajstić information content (AvgIpc) is 2.38. The molecule has 1 fully saturated rings. The standard InChI is InChI=1S/C14H27NO3/c1-12(9-18-2)8-13(17)15-10-14(11-16)6-4-3-5-7-14/h12,16H,3-11H2,1-2H3,(H,15,17). The molecule has 1 saturated carbocycles. The Morgan fingerprint density at radius 3 is 2.61 bits per heavy atom. The van der Waals surface area contributed by atoms with Crippen molar-refractivity contribution >= 4 is 5.91 Å². The molecule has 1 rings (SSSR count). The fraction of sp³-hybridized carbons (Fsp3) is 0.929. The van der Waals surface area contributed by atoms with Gasteiger partial charge >= 0.3 is 0 Å². The summed E-state index contributed by atoms with van der Waals surface area (Å²) in [6.07, 6.45) is 6.12. The molecule has 0 aliphatic heterocycles. The second kappa shape index (κ2) is 7.74. The number of aliphatic hydroxyl groups is 1. The first-order chi connectivity index (χ1) is 8.62. The molecule has 4 nitrogen and oxygen atoms in total. The molecule has 4 heteroatoms. The maximum absolute atomic E-state index is 11.8. The molecule has 0 heterocycles. The number of aliphatic hydroxyl groups excluding tert-OH is 1. The summed E-state index contributed by atoms with van der Waals surface area (Å²) in [4.78, 5) is 11.8. The molecular weight excluding hydrogens is 230 g/mol. The number of hydrogen-bond donors (Lipinski definition) is 2. The van der Waals surface area contributed by atoms with E-state index in [1.165, 1.54) is 6.42 Å².